The van der Waals surface area contributed by atoms with Gasteiger partial charge in [-0.25, -0.2) is 4.98 Å². The van der Waals surface area contributed by atoms with Crippen LogP contribution in [0, 0.1) is 0 Å². The zero-order chi connectivity index (χ0) is 17.2. The molecule has 5 heteroatoms. The number of anilines is 1. The lowest BCUT2D eigenvalue weighted by Crippen LogP contribution is -2.46. The molecule has 1 aliphatic heterocycles. The summed E-state index contributed by atoms with van der Waals surface area (Å²) in [6, 6.07) is 14.3. The van der Waals surface area contributed by atoms with Crippen molar-refractivity contribution in [2.45, 2.75) is 38.0 Å². The van der Waals surface area contributed by atoms with Crippen molar-refractivity contribution in [3.05, 3.63) is 59.8 Å². The first-order chi connectivity index (χ1) is 12.2. The second-order valence-corrected chi connectivity index (χ2v) is 6.90. The van der Waals surface area contributed by atoms with Crippen LogP contribution in [0.3, 0.4) is 0 Å². The normalized spacial score (nSPS) is 23.3. The summed E-state index contributed by atoms with van der Waals surface area (Å²) >= 11 is 0. The van der Waals surface area contributed by atoms with E-state index in [1.165, 1.54) is 12.8 Å². The molecule has 1 aromatic heterocycles. The van der Waals surface area contributed by atoms with Gasteiger partial charge < -0.3 is 15.0 Å². The van der Waals surface area contributed by atoms with Crippen LogP contribution in [-0.4, -0.2) is 41.0 Å². The Hall–Kier alpha value is -2.40. The molecule has 1 N–H and O–H groups in total. The van der Waals surface area contributed by atoms with Crippen molar-refractivity contribution >= 4 is 11.7 Å². The number of amides is 1. The van der Waals surface area contributed by atoms with E-state index in [0.717, 1.165) is 11.4 Å². The highest BCUT2D eigenvalue weighted by Gasteiger charge is 2.30. The molecule has 0 bridgehead atoms. The summed E-state index contributed by atoms with van der Waals surface area (Å²) in [5.74, 6) is 0.826. The zero-order valence-electron chi connectivity index (χ0n) is 14.4. The third-order valence-corrected chi connectivity index (χ3v) is 4.66. The van der Waals surface area contributed by atoms with E-state index >= 15 is 0 Å². The Morgan fingerprint density at radius 2 is 2.00 bits per heavy atom. The van der Waals surface area contributed by atoms with Gasteiger partial charge in [0, 0.05) is 24.3 Å². The van der Waals surface area contributed by atoms with Crippen LogP contribution in [0.1, 0.15) is 41.8 Å². The molecule has 1 saturated heterocycles. The molecular formula is C20H23N3O2. The molecule has 2 atom stereocenters. The number of carbonyl (C=O) groups is 1. The summed E-state index contributed by atoms with van der Waals surface area (Å²) in [5, 5.41) is 3.35. The van der Waals surface area contributed by atoms with Gasteiger partial charge >= 0.3 is 0 Å². The molecule has 5 nitrogen and oxygen atoms in total. The Bertz CT molecular complexity index is 746. The molecule has 4 rings (SSSR count). The fraction of sp³-hybridized carbons (Fsp3) is 0.400. The number of nitrogens with zero attached hydrogens (tertiary/aromatic N) is 2. The Kier molecular flexibility index (Phi) is 4.40. The molecule has 1 saturated carbocycles. The largest absolute Gasteiger partial charge is 0.367 e. The van der Waals surface area contributed by atoms with E-state index in [2.05, 4.69) is 22.4 Å². The van der Waals surface area contributed by atoms with Crippen molar-refractivity contribution in [1.82, 2.24) is 9.88 Å². The maximum absolute atomic E-state index is 13.0. The fourth-order valence-electron chi connectivity index (χ4n) is 3.23. The van der Waals surface area contributed by atoms with Crippen LogP contribution in [-0.2, 0) is 4.74 Å². The molecule has 1 aliphatic carbocycles. The third-order valence-electron chi connectivity index (χ3n) is 4.66. The molecule has 0 radical (unpaired) electrons. The highest BCUT2D eigenvalue weighted by molar-refractivity contribution is 5.95. The van der Waals surface area contributed by atoms with Gasteiger partial charge in [0.2, 0.25) is 0 Å². The highest BCUT2D eigenvalue weighted by Crippen LogP contribution is 2.27. The lowest BCUT2D eigenvalue weighted by atomic mass is 10.1. The number of pyridine rings is 1. The summed E-state index contributed by atoms with van der Waals surface area (Å²) in [6.45, 7) is 3.19. The number of morpholine rings is 1. The lowest BCUT2D eigenvalue weighted by molar-refractivity contribution is -0.0691. The second-order valence-electron chi connectivity index (χ2n) is 6.90. The van der Waals surface area contributed by atoms with Gasteiger partial charge in [-0.2, -0.15) is 0 Å². The number of nitrogens with one attached hydrogen (secondary N) is 1. The fourth-order valence-corrected chi connectivity index (χ4v) is 3.23. The minimum Gasteiger partial charge on any atom is -0.367 e. The van der Waals surface area contributed by atoms with Crippen molar-refractivity contribution in [1.29, 1.82) is 0 Å². The molecule has 2 heterocycles. The van der Waals surface area contributed by atoms with E-state index in [9.17, 15) is 4.79 Å². The summed E-state index contributed by atoms with van der Waals surface area (Å²) in [7, 11) is 0. The van der Waals surface area contributed by atoms with Gasteiger partial charge in [0.15, 0.2) is 0 Å². The van der Waals surface area contributed by atoms with Crippen LogP contribution < -0.4 is 5.32 Å². The predicted octanol–water partition coefficient (Wildman–Crippen LogP) is 3.26. The van der Waals surface area contributed by atoms with Crippen LogP contribution in [0.5, 0.6) is 0 Å². The zero-order valence-corrected chi connectivity index (χ0v) is 14.4. The molecule has 1 aromatic carbocycles. The Morgan fingerprint density at radius 1 is 1.20 bits per heavy atom. The smallest absolute Gasteiger partial charge is 0.254 e. The molecule has 130 valence electrons. The Morgan fingerprint density at radius 3 is 2.76 bits per heavy atom. The molecule has 0 unspecified atom stereocenters. The molecule has 2 fully saturated rings. The van der Waals surface area contributed by atoms with Gasteiger partial charge in [-0.15, -0.1) is 0 Å². The van der Waals surface area contributed by atoms with Gasteiger partial charge in [0.05, 0.1) is 12.6 Å². The summed E-state index contributed by atoms with van der Waals surface area (Å²) in [5.41, 5.74) is 1.79. The Labute approximate surface area is 148 Å². The topological polar surface area (TPSA) is 54.5 Å². The van der Waals surface area contributed by atoms with Crippen LogP contribution >= 0.6 is 0 Å². The van der Waals surface area contributed by atoms with Crippen molar-refractivity contribution in [2.75, 3.05) is 18.4 Å². The maximum Gasteiger partial charge on any atom is 0.254 e. The number of aromatic nitrogens is 1. The average Bonchev–Trinajstić information content (AvgIpc) is 3.45. The van der Waals surface area contributed by atoms with Gasteiger partial charge in [0.25, 0.3) is 5.91 Å². The number of hydrogen-bond donors (Lipinski definition) is 1. The van der Waals surface area contributed by atoms with E-state index < -0.39 is 0 Å². The van der Waals surface area contributed by atoms with Gasteiger partial charge in [-0.3, -0.25) is 4.79 Å². The summed E-state index contributed by atoms with van der Waals surface area (Å²) in [6.07, 6.45) is 3.99. The molecule has 2 aliphatic rings. The van der Waals surface area contributed by atoms with Crippen LogP contribution in [0.15, 0.2) is 48.7 Å². The monoisotopic (exact) mass is 337 g/mol. The van der Waals surface area contributed by atoms with E-state index in [0.29, 0.717) is 24.7 Å². The van der Waals surface area contributed by atoms with Gasteiger partial charge in [0.1, 0.15) is 11.9 Å². The van der Waals surface area contributed by atoms with Crippen LogP contribution in [0.2, 0.25) is 0 Å². The van der Waals surface area contributed by atoms with Crippen LogP contribution in [0.25, 0.3) is 0 Å². The first-order valence-corrected chi connectivity index (χ1v) is 8.91. The highest BCUT2D eigenvalue weighted by atomic mass is 16.5. The summed E-state index contributed by atoms with van der Waals surface area (Å²) < 4.78 is 6.05. The van der Waals surface area contributed by atoms with Gasteiger partial charge in [-0.05, 0) is 37.5 Å². The van der Waals surface area contributed by atoms with E-state index in [-0.39, 0.29) is 18.1 Å². The van der Waals surface area contributed by atoms with Crippen molar-refractivity contribution in [2.24, 2.45) is 0 Å². The Balaban J connectivity index is 1.50. The SMILES string of the molecule is C[C@H]1CN(C(=O)c2ccnc(NC3CC3)c2)C[C@H](c2ccccc2)O1. The first-order valence-electron chi connectivity index (χ1n) is 8.91. The molecule has 2 aromatic rings. The quantitative estimate of drug-likeness (QED) is 0.930. The first kappa shape index (κ1) is 16.1. The van der Waals surface area contributed by atoms with Crippen LogP contribution in [0.4, 0.5) is 5.82 Å². The average molecular weight is 337 g/mol. The van der Waals surface area contributed by atoms with Gasteiger partial charge in [-0.1, -0.05) is 30.3 Å². The maximum atomic E-state index is 13.0. The molecule has 1 amide bonds. The van der Waals surface area contributed by atoms with E-state index in [1.54, 1.807) is 12.3 Å². The van der Waals surface area contributed by atoms with E-state index in [4.69, 9.17) is 4.74 Å². The van der Waals surface area contributed by atoms with Crippen molar-refractivity contribution in [3.63, 3.8) is 0 Å². The number of rotatable bonds is 4. The minimum atomic E-state index is -0.0835. The van der Waals surface area contributed by atoms with E-state index in [1.807, 2.05) is 36.1 Å². The molecular weight excluding hydrogens is 314 g/mol. The number of hydrogen-bond acceptors (Lipinski definition) is 4. The number of carbonyl (C=O) groups excluding carboxylic acids is 1. The number of ether oxygens (including phenoxy) is 1. The molecule has 25 heavy (non-hydrogen) atoms. The van der Waals surface area contributed by atoms with Crippen molar-refractivity contribution < 1.29 is 9.53 Å². The third kappa shape index (κ3) is 3.82. The second kappa shape index (κ2) is 6.84. The predicted molar refractivity (Wildman–Crippen MR) is 96.5 cm³/mol. The standard InChI is InChI=1S/C20H23N3O2/c1-14-12-23(13-18(25-14)15-5-3-2-4-6-15)20(24)16-9-10-21-19(11-16)22-17-7-8-17/h2-6,9-11,14,17-18H,7-8,12-13H2,1H3,(H,21,22)/t14-,18+/m0/s1. The lowest BCUT2D eigenvalue weighted by Gasteiger charge is -2.37. The minimum absolute atomic E-state index is 0.00815. The summed E-state index contributed by atoms with van der Waals surface area (Å²) in [4.78, 5) is 19.2. The molecule has 0 spiro atoms. The number of benzene rings is 1. The van der Waals surface area contributed by atoms with Crippen molar-refractivity contribution in [3.8, 4) is 0 Å².